The minimum atomic E-state index is -0.352. The molecule has 2 N–H and O–H groups in total. The number of fused-ring (bicyclic) bond motifs is 1. The maximum absolute atomic E-state index is 12.8. The highest BCUT2D eigenvalue weighted by molar-refractivity contribution is 6.02. The second-order valence-corrected chi connectivity index (χ2v) is 9.24. The van der Waals surface area contributed by atoms with Gasteiger partial charge in [-0.2, -0.15) is 5.10 Å². The molecule has 1 amide bonds. The smallest absolute Gasteiger partial charge is 0.277 e. The average Bonchev–Trinajstić information content (AvgIpc) is 3.52. The maximum atomic E-state index is 12.8. The van der Waals surface area contributed by atoms with E-state index in [2.05, 4.69) is 40.4 Å². The summed E-state index contributed by atoms with van der Waals surface area (Å²) in [5.41, 5.74) is 2.83. The second-order valence-electron chi connectivity index (χ2n) is 9.24. The number of anilines is 2. The molecule has 0 aliphatic carbocycles. The molecule has 0 radical (unpaired) electrons. The molecule has 4 aromatic rings. The van der Waals surface area contributed by atoms with Gasteiger partial charge in [0, 0.05) is 45.3 Å². The van der Waals surface area contributed by atoms with Crippen molar-refractivity contribution in [2.75, 3.05) is 49.6 Å². The number of H-pyrrole nitrogens is 1. The van der Waals surface area contributed by atoms with Gasteiger partial charge in [-0.15, -0.1) is 10.2 Å². The summed E-state index contributed by atoms with van der Waals surface area (Å²) < 4.78 is 7.16. The van der Waals surface area contributed by atoms with Crippen LogP contribution in [0.1, 0.15) is 23.3 Å². The quantitative estimate of drug-likeness (QED) is 0.441. The minimum Gasteiger partial charge on any atom is -0.379 e. The standard InChI is InChI=1S/C25H29N9O2/c1-32-21(24-26-18-4-2-3-5-19(18)27-24)16-22(31-32)28-25(35)20-6-7-23(30-29-20)34-10-8-17(9-11-34)33-12-14-36-15-13-33/h2-7,16-17H,8-15H2,1H3,(H,26,27)(H,28,31,35). The van der Waals surface area contributed by atoms with Crippen molar-refractivity contribution in [1.82, 2.24) is 34.8 Å². The minimum absolute atomic E-state index is 0.248. The van der Waals surface area contributed by atoms with Gasteiger partial charge in [-0.05, 0) is 37.1 Å². The molecule has 0 atom stereocenters. The number of nitrogens with one attached hydrogen (secondary N) is 2. The molecule has 2 saturated heterocycles. The summed E-state index contributed by atoms with van der Waals surface area (Å²) >= 11 is 0. The summed E-state index contributed by atoms with van der Waals surface area (Å²) in [4.78, 5) is 25.5. The SMILES string of the molecule is Cn1nc(NC(=O)c2ccc(N3CCC(N4CCOCC4)CC3)nn2)cc1-c1nc2ccccc2[nH]1. The number of imidazole rings is 1. The van der Waals surface area contributed by atoms with Crippen molar-refractivity contribution in [2.45, 2.75) is 18.9 Å². The van der Waals surface area contributed by atoms with E-state index in [9.17, 15) is 4.79 Å². The number of aryl methyl sites for hydroxylation is 1. The van der Waals surface area contributed by atoms with Gasteiger partial charge in [-0.1, -0.05) is 12.1 Å². The lowest BCUT2D eigenvalue weighted by Crippen LogP contribution is -2.49. The molecule has 1 aromatic carbocycles. The monoisotopic (exact) mass is 487 g/mol. The number of nitrogens with zero attached hydrogens (tertiary/aromatic N) is 7. The number of benzene rings is 1. The first-order valence-electron chi connectivity index (χ1n) is 12.3. The number of carbonyl (C=O) groups is 1. The van der Waals surface area contributed by atoms with E-state index in [1.807, 2.05) is 37.4 Å². The molecule has 6 rings (SSSR count). The number of hydrogen-bond donors (Lipinski definition) is 2. The van der Waals surface area contributed by atoms with Gasteiger partial charge in [0.15, 0.2) is 23.2 Å². The molecule has 36 heavy (non-hydrogen) atoms. The fourth-order valence-electron chi connectivity index (χ4n) is 5.02. The van der Waals surface area contributed by atoms with Crippen molar-refractivity contribution in [1.29, 1.82) is 0 Å². The van der Waals surface area contributed by atoms with Crippen LogP contribution in [0.25, 0.3) is 22.6 Å². The van der Waals surface area contributed by atoms with Crippen molar-refractivity contribution in [2.24, 2.45) is 7.05 Å². The van der Waals surface area contributed by atoms with E-state index in [1.54, 1.807) is 16.8 Å². The third kappa shape index (κ3) is 4.54. The average molecular weight is 488 g/mol. The Hall–Kier alpha value is -3.83. The zero-order chi connectivity index (χ0) is 24.5. The Balaban J connectivity index is 1.08. The molecule has 11 heteroatoms. The van der Waals surface area contributed by atoms with Crippen LogP contribution in [0.15, 0.2) is 42.5 Å². The molecule has 186 valence electrons. The maximum Gasteiger partial charge on any atom is 0.277 e. The Morgan fingerprint density at radius 3 is 2.61 bits per heavy atom. The van der Waals surface area contributed by atoms with Crippen LogP contribution in [0.3, 0.4) is 0 Å². The predicted molar refractivity (Wildman–Crippen MR) is 136 cm³/mol. The zero-order valence-corrected chi connectivity index (χ0v) is 20.2. The molecule has 2 aliphatic rings. The van der Waals surface area contributed by atoms with E-state index in [-0.39, 0.29) is 11.6 Å². The van der Waals surface area contributed by atoms with Gasteiger partial charge >= 0.3 is 0 Å². The molecule has 0 spiro atoms. The van der Waals surface area contributed by atoms with E-state index in [4.69, 9.17) is 4.74 Å². The predicted octanol–water partition coefficient (Wildman–Crippen LogP) is 2.31. The van der Waals surface area contributed by atoms with Crippen molar-refractivity contribution < 1.29 is 9.53 Å². The van der Waals surface area contributed by atoms with Crippen molar-refractivity contribution in [3.8, 4) is 11.5 Å². The molecule has 0 unspecified atom stereocenters. The number of carbonyl (C=O) groups excluding carboxylic acids is 1. The normalized spacial score (nSPS) is 17.5. The number of ether oxygens (including phenoxy) is 1. The third-order valence-corrected chi connectivity index (χ3v) is 6.99. The van der Waals surface area contributed by atoms with Gasteiger partial charge < -0.3 is 19.9 Å². The van der Waals surface area contributed by atoms with Crippen molar-refractivity contribution in [3.63, 3.8) is 0 Å². The van der Waals surface area contributed by atoms with Crippen LogP contribution in [0.2, 0.25) is 0 Å². The summed E-state index contributed by atoms with van der Waals surface area (Å²) in [6.07, 6.45) is 2.19. The molecule has 5 heterocycles. The second kappa shape index (κ2) is 9.67. The molecule has 11 nitrogen and oxygen atoms in total. The van der Waals surface area contributed by atoms with E-state index in [1.165, 1.54) is 0 Å². The fraction of sp³-hybridized carbons (Fsp3) is 0.400. The molecular weight excluding hydrogens is 458 g/mol. The number of amides is 1. The lowest BCUT2D eigenvalue weighted by atomic mass is 10.0. The molecule has 2 aliphatic heterocycles. The lowest BCUT2D eigenvalue weighted by Gasteiger charge is -2.40. The first-order valence-corrected chi connectivity index (χ1v) is 12.3. The van der Waals surface area contributed by atoms with E-state index < -0.39 is 0 Å². The van der Waals surface area contributed by atoms with Crippen LogP contribution in [0, 0.1) is 0 Å². The van der Waals surface area contributed by atoms with Crippen LogP contribution < -0.4 is 10.2 Å². The van der Waals surface area contributed by atoms with Crippen LogP contribution >= 0.6 is 0 Å². The van der Waals surface area contributed by atoms with Gasteiger partial charge in [0.25, 0.3) is 5.91 Å². The van der Waals surface area contributed by atoms with Crippen LogP contribution in [-0.4, -0.2) is 86.2 Å². The zero-order valence-electron chi connectivity index (χ0n) is 20.2. The number of piperidine rings is 1. The number of hydrogen-bond acceptors (Lipinski definition) is 8. The largest absolute Gasteiger partial charge is 0.379 e. The highest BCUT2D eigenvalue weighted by atomic mass is 16.5. The van der Waals surface area contributed by atoms with Crippen LogP contribution in [-0.2, 0) is 11.8 Å². The Morgan fingerprint density at radius 2 is 1.86 bits per heavy atom. The molecule has 0 saturated carbocycles. The number of para-hydroxylation sites is 2. The highest BCUT2D eigenvalue weighted by Gasteiger charge is 2.26. The summed E-state index contributed by atoms with van der Waals surface area (Å²) in [5.74, 6) is 1.56. The summed E-state index contributed by atoms with van der Waals surface area (Å²) in [7, 11) is 1.81. The summed E-state index contributed by atoms with van der Waals surface area (Å²) in [6, 6.07) is 13.8. The van der Waals surface area contributed by atoms with E-state index in [0.29, 0.717) is 17.7 Å². The van der Waals surface area contributed by atoms with Gasteiger partial charge in [0.1, 0.15) is 5.69 Å². The molecule has 3 aromatic heterocycles. The Morgan fingerprint density at radius 1 is 1.06 bits per heavy atom. The van der Waals surface area contributed by atoms with Crippen molar-refractivity contribution >= 4 is 28.6 Å². The van der Waals surface area contributed by atoms with Gasteiger partial charge in [-0.25, -0.2) is 4.98 Å². The number of rotatable bonds is 5. The molecule has 0 bridgehead atoms. The Labute approximate surface area is 208 Å². The highest BCUT2D eigenvalue weighted by Crippen LogP contribution is 2.24. The topological polar surface area (TPSA) is 117 Å². The van der Waals surface area contributed by atoms with E-state index in [0.717, 1.165) is 74.8 Å². The molecular formula is C25H29N9O2. The fourth-order valence-corrected chi connectivity index (χ4v) is 5.02. The molecule has 2 fully saturated rings. The number of aromatic nitrogens is 6. The van der Waals surface area contributed by atoms with Crippen LogP contribution in [0.5, 0.6) is 0 Å². The summed E-state index contributed by atoms with van der Waals surface area (Å²) in [5, 5.41) is 15.8. The first-order chi connectivity index (χ1) is 17.6. The third-order valence-electron chi connectivity index (χ3n) is 6.99. The number of morpholine rings is 1. The van der Waals surface area contributed by atoms with Crippen molar-refractivity contribution in [3.05, 3.63) is 48.2 Å². The van der Waals surface area contributed by atoms with Gasteiger partial charge in [-0.3, -0.25) is 14.4 Å². The summed E-state index contributed by atoms with van der Waals surface area (Å²) in [6.45, 7) is 5.56. The Kier molecular flexibility index (Phi) is 6.08. The van der Waals surface area contributed by atoms with Gasteiger partial charge in [0.2, 0.25) is 0 Å². The van der Waals surface area contributed by atoms with Crippen LogP contribution in [0.4, 0.5) is 11.6 Å². The van der Waals surface area contributed by atoms with E-state index >= 15 is 0 Å². The lowest BCUT2D eigenvalue weighted by molar-refractivity contribution is 0.0114. The first kappa shape index (κ1) is 22.6. The Bertz CT molecular complexity index is 1320. The van der Waals surface area contributed by atoms with Gasteiger partial charge in [0.05, 0.1) is 24.2 Å². The number of aromatic amines is 1.